The van der Waals surface area contributed by atoms with Gasteiger partial charge < -0.3 is 9.80 Å². The van der Waals surface area contributed by atoms with Crippen LogP contribution in [0.1, 0.15) is 26.3 Å². The highest BCUT2D eigenvalue weighted by Gasteiger charge is 2.30. The fourth-order valence-electron chi connectivity index (χ4n) is 3.57. The molecule has 120 valence electrons. The lowest BCUT2D eigenvalue weighted by Gasteiger charge is -2.44. The SMILES string of the molecule is CC(=O)N1CCc2cc(Cl)c(N3CC(C)N(C)C(C)C3)cc21. The number of anilines is 2. The smallest absolute Gasteiger partial charge is 0.223 e. The lowest BCUT2D eigenvalue weighted by molar-refractivity contribution is -0.116. The predicted molar refractivity (Wildman–Crippen MR) is 92.1 cm³/mol. The summed E-state index contributed by atoms with van der Waals surface area (Å²) in [6.07, 6.45) is 0.893. The van der Waals surface area contributed by atoms with Crippen LogP contribution in [0.2, 0.25) is 5.02 Å². The van der Waals surface area contributed by atoms with Gasteiger partial charge in [0.15, 0.2) is 0 Å². The van der Waals surface area contributed by atoms with Crippen LogP contribution < -0.4 is 9.80 Å². The molecule has 2 atom stereocenters. The van der Waals surface area contributed by atoms with Crippen LogP contribution in [-0.2, 0) is 11.2 Å². The number of halogens is 1. The van der Waals surface area contributed by atoms with Gasteiger partial charge in [-0.25, -0.2) is 0 Å². The number of nitrogens with zero attached hydrogens (tertiary/aromatic N) is 3. The van der Waals surface area contributed by atoms with E-state index >= 15 is 0 Å². The van der Waals surface area contributed by atoms with Crippen LogP contribution in [0.25, 0.3) is 0 Å². The molecule has 0 aromatic heterocycles. The first-order valence-corrected chi connectivity index (χ1v) is 8.33. The second kappa shape index (κ2) is 5.74. The number of amides is 1. The molecule has 5 heteroatoms. The Morgan fingerprint density at radius 2 is 1.82 bits per heavy atom. The number of benzene rings is 1. The van der Waals surface area contributed by atoms with Crippen molar-refractivity contribution in [2.75, 3.05) is 36.5 Å². The molecule has 0 bridgehead atoms. The van der Waals surface area contributed by atoms with Gasteiger partial charge in [-0.2, -0.15) is 0 Å². The molecule has 2 heterocycles. The van der Waals surface area contributed by atoms with Crippen molar-refractivity contribution in [3.05, 3.63) is 22.7 Å². The molecule has 1 amide bonds. The number of hydrogen-bond donors (Lipinski definition) is 0. The highest BCUT2D eigenvalue weighted by molar-refractivity contribution is 6.33. The number of carbonyl (C=O) groups excluding carboxylic acids is 1. The lowest BCUT2D eigenvalue weighted by Crippen LogP contribution is -2.55. The summed E-state index contributed by atoms with van der Waals surface area (Å²) in [6, 6.07) is 5.12. The van der Waals surface area contributed by atoms with E-state index in [1.807, 2.05) is 11.0 Å². The van der Waals surface area contributed by atoms with Gasteiger partial charge in [0.05, 0.1) is 10.7 Å². The Morgan fingerprint density at radius 3 is 2.41 bits per heavy atom. The third-order valence-corrected chi connectivity index (χ3v) is 5.43. The summed E-state index contributed by atoms with van der Waals surface area (Å²) in [4.78, 5) is 18.4. The van der Waals surface area contributed by atoms with E-state index in [2.05, 4.69) is 36.8 Å². The Bertz CT molecular complexity index is 592. The average molecular weight is 322 g/mol. The minimum atomic E-state index is 0.104. The summed E-state index contributed by atoms with van der Waals surface area (Å²) in [5.41, 5.74) is 3.27. The summed E-state index contributed by atoms with van der Waals surface area (Å²) in [7, 11) is 2.18. The molecule has 2 aliphatic rings. The molecule has 2 unspecified atom stereocenters. The third-order valence-electron chi connectivity index (χ3n) is 5.12. The zero-order valence-electron chi connectivity index (χ0n) is 13.8. The van der Waals surface area contributed by atoms with Gasteiger partial charge in [-0.3, -0.25) is 9.69 Å². The summed E-state index contributed by atoms with van der Waals surface area (Å²) in [5, 5.41) is 0.799. The van der Waals surface area contributed by atoms with Gasteiger partial charge in [-0.05, 0) is 45.0 Å². The van der Waals surface area contributed by atoms with Crippen LogP contribution in [0.4, 0.5) is 11.4 Å². The van der Waals surface area contributed by atoms with Gasteiger partial charge in [0, 0.05) is 44.3 Å². The number of carbonyl (C=O) groups is 1. The van der Waals surface area contributed by atoms with Crippen LogP contribution in [0, 0.1) is 0 Å². The van der Waals surface area contributed by atoms with Gasteiger partial charge in [0.2, 0.25) is 5.91 Å². The Balaban J connectivity index is 1.95. The topological polar surface area (TPSA) is 26.8 Å². The van der Waals surface area contributed by atoms with Crippen LogP contribution in [0.3, 0.4) is 0 Å². The van der Waals surface area contributed by atoms with Crippen molar-refractivity contribution in [2.24, 2.45) is 0 Å². The normalized spacial score (nSPS) is 25.5. The number of fused-ring (bicyclic) bond motifs is 1. The van der Waals surface area contributed by atoms with Crippen LogP contribution >= 0.6 is 11.6 Å². The van der Waals surface area contributed by atoms with Crippen molar-refractivity contribution < 1.29 is 4.79 Å². The second-order valence-corrected chi connectivity index (χ2v) is 7.03. The van der Waals surface area contributed by atoms with Gasteiger partial charge in [0.25, 0.3) is 0 Å². The predicted octanol–water partition coefficient (Wildman–Crippen LogP) is 2.78. The molecule has 0 saturated carbocycles. The van der Waals surface area contributed by atoms with E-state index in [0.29, 0.717) is 12.1 Å². The van der Waals surface area contributed by atoms with Crippen LogP contribution in [0.15, 0.2) is 12.1 Å². The molecule has 1 aromatic rings. The van der Waals surface area contributed by atoms with Crippen molar-refractivity contribution in [2.45, 2.75) is 39.3 Å². The van der Waals surface area contributed by atoms with Crippen molar-refractivity contribution >= 4 is 28.9 Å². The van der Waals surface area contributed by atoms with Crippen LogP contribution in [0.5, 0.6) is 0 Å². The van der Waals surface area contributed by atoms with Gasteiger partial charge in [0.1, 0.15) is 0 Å². The quantitative estimate of drug-likeness (QED) is 0.796. The zero-order valence-corrected chi connectivity index (χ0v) is 14.5. The van der Waals surface area contributed by atoms with E-state index in [4.69, 9.17) is 11.6 Å². The summed E-state index contributed by atoms with van der Waals surface area (Å²) in [6.45, 7) is 8.79. The Morgan fingerprint density at radius 1 is 1.18 bits per heavy atom. The van der Waals surface area contributed by atoms with E-state index in [1.165, 1.54) is 5.56 Å². The van der Waals surface area contributed by atoms with Gasteiger partial charge in [-0.1, -0.05) is 11.6 Å². The highest BCUT2D eigenvalue weighted by Crippen LogP contribution is 2.38. The maximum Gasteiger partial charge on any atom is 0.223 e. The molecular weight excluding hydrogens is 298 g/mol. The third kappa shape index (κ3) is 2.59. The first-order chi connectivity index (χ1) is 10.4. The van der Waals surface area contributed by atoms with E-state index in [9.17, 15) is 4.79 Å². The molecule has 3 rings (SSSR count). The van der Waals surface area contributed by atoms with Crippen molar-refractivity contribution in [1.29, 1.82) is 0 Å². The molecule has 0 N–H and O–H groups in total. The van der Waals surface area contributed by atoms with E-state index in [1.54, 1.807) is 6.92 Å². The molecule has 1 aromatic carbocycles. The van der Waals surface area contributed by atoms with Gasteiger partial charge >= 0.3 is 0 Å². The number of likely N-dealkylation sites (N-methyl/N-ethyl adjacent to an activating group) is 1. The zero-order chi connectivity index (χ0) is 16.0. The average Bonchev–Trinajstić information content (AvgIpc) is 2.86. The molecule has 1 saturated heterocycles. The summed E-state index contributed by atoms with van der Waals surface area (Å²) >= 11 is 6.54. The fourth-order valence-corrected chi connectivity index (χ4v) is 3.87. The molecule has 2 aliphatic heterocycles. The standard InChI is InChI=1S/C17H24ClN3O/c1-11-9-20(10-12(2)19(11)4)17-8-16-14(7-15(17)18)5-6-21(16)13(3)22/h7-8,11-12H,5-6,9-10H2,1-4H3. The summed E-state index contributed by atoms with van der Waals surface area (Å²) in [5.74, 6) is 0.104. The van der Waals surface area contributed by atoms with Crippen molar-refractivity contribution in [1.82, 2.24) is 4.90 Å². The maximum absolute atomic E-state index is 11.8. The first-order valence-electron chi connectivity index (χ1n) is 7.96. The van der Waals surface area contributed by atoms with E-state index < -0.39 is 0 Å². The van der Waals surface area contributed by atoms with Crippen LogP contribution in [-0.4, -0.2) is 49.6 Å². The number of rotatable bonds is 1. The summed E-state index contributed by atoms with van der Waals surface area (Å²) < 4.78 is 0. The Labute approximate surface area is 137 Å². The maximum atomic E-state index is 11.8. The second-order valence-electron chi connectivity index (χ2n) is 6.62. The first kappa shape index (κ1) is 15.6. The van der Waals surface area contributed by atoms with Crippen molar-refractivity contribution in [3.8, 4) is 0 Å². The van der Waals surface area contributed by atoms with Crippen molar-refractivity contribution in [3.63, 3.8) is 0 Å². The number of hydrogen-bond acceptors (Lipinski definition) is 3. The highest BCUT2D eigenvalue weighted by atomic mass is 35.5. The Hall–Kier alpha value is -1.26. The largest absolute Gasteiger partial charge is 0.367 e. The molecule has 0 spiro atoms. The lowest BCUT2D eigenvalue weighted by atomic mass is 10.1. The molecule has 4 nitrogen and oxygen atoms in total. The molecule has 0 radical (unpaired) electrons. The monoisotopic (exact) mass is 321 g/mol. The molecule has 1 fully saturated rings. The minimum Gasteiger partial charge on any atom is -0.367 e. The molecular formula is C17H24ClN3O. The number of piperazine rings is 1. The van der Waals surface area contributed by atoms with Gasteiger partial charge in [-0.15, -0.1) is 0 Å². The van der Waals surface area contributed by atoms with E-state index in [0.717, 1.165) is 42.5 Å². The Kier molecular flexibility index (Phi) is 4.08. The molecule has 22 heavy (non-hydrogen) atoms. The fraction of sp³-hybridized carbons (Fsp3) is 0.588. The molecule has 0 aliphatic carbocycles. The minimum absolute atomic E-state index is 0.104. The van der Waals surface area contributed by atoms with E-state index in [-0.39, 0.29) is 5.91 Å².